The van der Waals surface area contributed by atoms with Gasteiger partial charge in [-0.3, -0.25) is 9.36 Å². The van der Waals surface area contributed by atoms with Gasteiger partial charge in [0.25, 0.3) is 5.56 Å². The summed E-state index contributed by atoms with van der Waals surface area (Å²) in [5.74, 6) is -2.06. The van der Waals surface area contributed by atoms with E-state index in [2.05, 4.69) is 9.97 Å². The number of benzene rings is 1. The van der Waals surface area contributed by atoms with Gasteiger partial charge in [-0.05, 0) is 29.1 Å². The number of aromatic nitrogens is 3. The molecular weight excluding hydrogens is 330 g/mol. The highest BCUT2D eigenvalue weighted by Gasteiger charge is 2.22. The molecule has 4 rings (SSSR count). The highest BCUT2D eigenvalue weighted by atomic mass is 32.1. The Kier molecular flexibility index (Phi) is 3.14. The SMILES string of the molecule is O=C(O)c1c(O)c(=O)n(Cc2ccc3[nH]cnc3c2)c2ccsc12. The summed E-state index contributed by atoms with van der Waals surface area (Å²) < 4.78 is 1.75. The van der Waals surface area contributed by atoms with Gasteiger partial charge in [-0.1, -0.05) is 6.07 Å². The number of carbonyl (C=O) groups is 1. The maximum atomic E-state index is 12.5. The minimum absolute atomic E-state index is 0.211. The number of imidazole rings is 1. The molecular formula is C16H11N3O4S. The third kappa shape index (κ3) is 2.08. The lowest BCUT2D eigenvalue weighted by atomic mass is 10.1. The first kappa shape index (κ1) is 14.5. The largest absolute Gasteiger partial charge is 0.502 e. The van der Waals surface area contributed by atoms with E-state index in [1.54, 1.807) is 17.8 Å². The molecule has 1 aromatic carbocycles. The van der Waals surface area contributed by atoms with Crippen LogP contribution >= 0.6 is 11.3 Å². The number of pyridine rings is 1. The Morgan fingerprint density at radius 3 is 2.96 bits per heavy atom. The van der Waals surface area contributed by atoms with Gasteiger partial charge in [0.2, 0.25) is 0 Å². The van der Waals surface area contributed by atoms with Crippen LogP contribution < -0.4 is 5.56 Å². The van der Waals surface area contributed by atoms with Crippen molar-refractivity contribution in [1.82, 2.24) is 14.5 Å². The smallest absolute Gasteiger partial charge is 0.341 e. The average molecular weight is 341 g/mol. The van der Waals surface area contributed by atoms with Crippen LogP contribution in [0.5, 0.6) is 5.75 Å². The highest BCUT2D eigenvalue weighted by Crippen LogP contribution is 2.29. The molecule has 3 aromatic heterocycles. The molecule has 0 fully saturated rings. The molecule has 0 radical (unpaired) electrons. The molecule has 8 heteroatoms. The van der Waals surface area contributed by atoms with Crippen LogP contribution in [0.25, 0.3) is 21.3 Å². The lowest BCUT2D eigenvalue weighted by Crippen LogP contribution is -2.22. The van der Waals surface area contributed by atoms with Gasteiger partial charge in [-0.15, -0.1) is 11.3 Å². The monoisotopic (exact) mass is 341 g/mol. The summed E-state index contributed by atoms with van der Waals surface area (Å²) in [6, 6.07) is 7.24. The number of hydrogen-bond donors (Lipinski definition) is 3. The van der Waals surface area contributed by atoms with Gasteiger partial charge in [-0.25, -0.2) is 9.78 Å². The molecule has 0 unspecified atom stereocenters. The van der Waals surface area contributed by atoms with Crippen molar-refractivity contribution >= 4 is 38.6 Å². The van der Waals surface area contributed by atoms with Crippen molar-refractivity contribution in [3.63, 3.8) is 0 Å². The number of carboxylic acids is 1. The minimum atomic E-state index is -1.32. The van der Waals surface area contributed by atoms with Gasteiger partial charge in [0.1, 0.15) is 5.56 Å². The van der Waals surface area contributed by atoms with Crippen LogP contribution in [0, 0.1) is 0 Å². The van der Waals surface area contributed by atoms with Crippen molar-refractivity contribution in [3.8, 4) is 5.75 Å². The van der Waals surface area contributed by atoms with E-state index in [9.17, 15) is 19.8 Å². The summed E-state index contributed by atoms with van der Waals surface area (Å²) in [6.07, 6.45) is 1.59. The molecule has 24 heavy (non-hydrogen) atoms. The molecule has 0 aliphatic carbocycles. The van der Waals surface area contributed by atoms with Gasteiger partial charge in [0, 0.05) is 0 Å². The molecule has 0 atom stereocenters. The summed E-state index contributed by atoms with van der Waals surface area (Å²) in [5.41, 5.74) is 1.91. The molecule has 3 heterocycles. The first-order valence-corrected chi connectivity index (χ1v) is 7.92. The van der Waals surface area contributed by atoms with Gasteiger partial charge in [0.15, 0.2) is 5.75 Å². The summed E-state index contributed by atoms with van der Waals surface area (Å²) in [6.45, 7) is 0.211. The number of aromatic hydroxyl groups is 1. The summed E-state index contributed by atoms with van der Waals surface area (Å²) in [7, 11) is 0. The van der Waals surface area contributed by atoms with E-state index < -0.39 is 17.3 Å². The number of thiophene rings is 1. The minimum Gasteiger partial charge on any atom is -0.502 e. The van der Waals surface area contributed by atoms with Gasteiger partial charge >= 0.3 is 5.97 Å². The number of H-pyrrole nitrogens is 1. The van der Waals surface area contributed by atoms with Gasteiger partial charge < -0.3 is 15.2 Å². The Balaban J connectivity index is 1.92. The van der Waals surface area contributed by atoms with Crippen molar-refractivity contribution in [3.05, 3.63) is 57.5 Å². The van der Waals surface area contributed by atoms with Gasteiger partial charge in [-0.2, -0.15) is 0 Å². The van der Waals surface area contributed by atoms with Crippen LogP contribution in [0.1, 0.15) is 15.9 Å². The van der Waals surface area contributed by atoms with Crippen molar-refractivity contribution in [2.45, 2.75) is 6.54 Å². The summed E-state index contributed by atoms with van der Waals surface area (Å²) in [4.78, 5) is 31.0. The van der Waals surface area contributed by atoms with Crippen molar-refractivity contribution in [1.29, 1.82) is 0 Å². The van der Waals surface area contributed by atoms with E-state index in [0.29, 0.717) is 10.2 Å². The van der Waals surface area contributed by atoms with Crippen LogP contribution in [0.3, 0.4) is 0 Å². The second kappa shape index (κ2) is 5.20. The third-order valence-electron chi connectivity index (χ3n) is 3.89. The Bertz CT molecular complexity index is 1160. The standard InChI is InChI=1S/C16H11N3O4S/c20-13-12(16(22)23)14-11(3-4-24-14)19(15(13)21)6-8-1-2-9-10(5-8)18-7-17-9/h1-5,7,20H,6H2,(H,17,18)(H,22,23). The molecule has 7 nitrogen and oxygen atoms in total. The van der Waals surface area contributed by atoms with E-state index in [4.69, 9.17) is 0 Å². The number of fused-ring (bicyclic) bond motifs is 2. The zero-order valence-corrected chi connectivity index (χ0v) is 13.0. The average Bonchev–Trinajstić information content (AvgIpc) is 3.19. The van der Waals surface area contributed by atoms with E-state index in [0.717, 1.165) is 16.6 Å². The molecule has 0 spiro atoms. The van der Waals surface area contributed by atoms with E-state index in [1.807, 2.05) is 18.2 Å². The molecule has 0 aliphatic heterocycles. The third-order valence-corrected chi connectivity index (χ3v) is 4.81. The van der Waals surface area contributed by atoms with Gasteiger partial charge in [0.05, 0.1) is 34.1 Å². The predicted molar refractivity (Wildman–Crippen MR) is 89.9 cm³/mol. The molecule has 0 amide bonds. The van der Waals surface area contributed by atoms with Crippen LogP contribution in [0.15, 0.2) is 40.8 Å². The zero-order valence-electron chi connectivity index (χ0n) is 12.2. The van der Waals surface area contributed by atoms with Crippen molar-refractivity contribution in [2.24, 2.45) is 0 Å². The van der Waals surface area contributed by atoms with Crippen LogP contribution in [-0.2, 0) is 6.54 Å². The number of hydrogen-bond acceptors (Lipinski definition) is 5. The first-order chi connectivity index (χ1) is 11.6. The Morgan fingerprint density at radius 1 is 1.33 bits per heavy atom. The van der Waals surface area contributed by atoms with E-state index in [1.165, 1.54) is 15.9 Å². The summed E-state index contributed by atoms with van der Waals surface area (Å²) in [5, 5.41) is 21.0. The molecule has 0 bridgehead atoms. The highest BCUT2D eigenvalue weighted by molar-refractivity contribution is 7.17. The molecule has 0 aliphatic rings. The summed E-state index contributed by atoms with van der Waals surface area (Å²) >= 11 is 1.18. The number of aromatic amines is 1. The number of rotatable bonds is 3. The molecule has 3 N–H and O–H groups in total. The number of nitrogens with one attached hydrogen (secondary N) is 1. The Labute approximate surface area is 138 Å². The fraction of sp³-hybridized carbons (Fsp3) is 0.0625. The number of carboxylic acid groups (broad SMARTS) is 1. The predicted octanol–water partition coefficient (Wildman–Crippen LogP) is 2.39. The maximum Gasteiger partial charge on any atom is 0.341 e. The maximum absolute atomic E-state index is 12.5. The molecule has 0 saturated carbocycles. The quantitative estimate of drug-likeness (QED) is 0.530. The number of nitrogens with zero attached hydrogens (tertiary/aromatic N) is 2. The first-order valence-electron chi connectivity index (χ1n) is 7.04. The Hall–Kier alpha value is -3.13. The molecule has 4 aromatic rings. The second-order valence-corrected chi connectivity index (χ2v) is 6.23. The van der Waals surface area contributed by atoms with Crippen LogP contribution in [0.4, 0.5) is 0 Å². The number of aromatic carboxylic acids is 1. The molecule has 0 saturated heterocycles. The molecule has 120 valence electrons. The fourth-order valence-corrected chi connectivity index (χ4v) is 3.70. The van der Waals surface area contributed by atoms with E-state index >= 15 is 0 Å². The normalized spacial score (nSPS) is 11.3. The van der Waals surface area contributed by atoms with Crippen LogP contribution in [0.2, 0.25) is 0 Å². The van der Waals surface area contributed by atoms with E-state index in [-0.39, 0.29) is 12.1 Å². The second-order valence-electron chi connectivity index (χ2n) is 5.31. The lowest BCUT2D eigenvalue weighted by Gasteiger charge is -2.11. The topological polar surface area (TPSA) is 108 Å². The lowest BCUT2D eigenvalue weighted by molar-refractivity contribution is 0.0695. The van der Waals surface area contributed by atoms with Crippen molar-refractivity contribution in [2.75, 3.05) is 0 Å². The van der Waals surface area contributed by atoms with Crippen LogP contribution in [-0.4, -0.2) is 30.7 Å². The Morgan fingerprint density at radius 2 is 2.17 bits per heavy atom. The zero-order chi connectivity index (χ0) is 16.8. The fourth-order valence-electron chi connectivity index (χ4n) is 2.77. The van der Waals surface area contributed by atoms with Crippen molar-refractivity contribution < 1.29 is 15.0 Å².